The Labute approximate surface area is 149 Å². The van der Waals surface area contributed by atoms with Crippen LogP contribution >= 0.6 is 0 Å². The van der Waals surface area contributed by atoms with Crippen LogP contribution in [0.1, 0.15) is 23.2 Å². The number of carbonyl (C=O) groups excluding carboxylic acids is 1. The molecule has 0 aromatic heterocycles. The Morgan fingerprint density at radius 1 is 1.12 bits per heavy atom. The number of nitrogens with one attached hydrogen (secondary N) is 1. The van der Waals surface area contributed by atoms with Gasteiger partial charge in [0, 0.05) is 30.9 Å². The smallest absolute Gasteiger partial charge is 0.261 e. The van der Waals surface area contributed by atoms with Crippen LogP contribution in [0.15, 0.2) is 36.4 Å². The number of ether oxygens (including phenoxy) is 1. The normalized spacial score (nSPS) is 15.7. The van der Waals surface area contributed by atoms with Crippen molar-refractivity contribution < 1.29 is 22.7 Å². The number of benzene rings is 2. The Morgan fingerprint density at radius 3 is 2.42 bits per heavy atom. The Balaban J connectivity index is 1.74. The molecule has 2 aromatic rings. The molecule has 3 rings (SSSR count). The summed E-state index contributed by atoms with van der Waals surface area (Å²) in [4.78, 5) is 14.3. The van der Waals surface area contributed by atoms with Crippen LogP contribution in [0.25, 0.3) is 0 Å². The van der Waals surface area contributed by atoms with E-state index in [-0.39, 0.29) is 17.5 Å². The van der Waals surface area contributed by atoms with Crippen LogP contribution < -0.4 is 10.1 Å². The number of anilines is 1. The molecule has 1 N–H and O–H groups in total. The maximum Gasteiger partial charge on any atom is 0.261 e. The lowest BCUT2D eigenvalue weighted by molar-refractivity contribution is 0.101. The molecule has 26 heavy (non-hydrogen) atoms. The van der Waals surface area contributed by atoms with E-state index in [0.717, 1.165) is 50.2 Å². The van der Waals surface area contributed by atoms with Gasteiger partial charge in [-0.25, -0.2) is 13.2 Å². The number of hydrogen-bond acceptors (Lipinski definition) is 3. The molecule has 4 nitrogen and oxygen atoms in total. The van der Waals surface area contributed by atoms with Crippen LogP contribution in [0.2, 0.25) is 0 Å². The van der Waals surface area contributed by atoms with Crippen molar-refractivity contribution in [1.29, 1.82) is 0 Å². The van der Waals surface area contributed by atoms with E-state index < -0.39 is 28.9 Å². The largest absolute Gasteiger partial charge is 0.490 e. The highest BCUT2D eigenvalue weighted by molar-refractivity contribution is 6.04. The fourth-order valence-electron chi connectivity index (χ4n) is 2.91. The average Bonchev–Trinajstić information content (AvgIpc) is 2.56. The van der Waals surface area contributed by atoms with E-state index in [1.807, 2.05) is 7.05 Å². The molecule has 0 bridgehead atoms. The molecule has 0 saturated carbocycles. The van der Waals surface area contributed by atoms with Crippen molar-refractivity contribution >= 4 is 11.6 Å². The van der Waals surface area contributed by atoms with Gasteiger partial charge in [-0.2, -0.15) is 0 Å². The van der Waals surface area contributed by atoms with Crippen molar-refractivity contribution in [2.75, 3.05) is 25.5 Å². The van der Waals surface area contributed by atoms with E-state index in [2.05, 4.69) is 10.2 Å². The molecule has 1 heterocycles. The first-order valence-electron chi connectivity index (χ1n) is 8.33. The molecule has 0 aliphatic carbocycles. The summed E-state index contributed by atoms with van der Waals surface area (Å²) in [7, 11) is 2.02. The van der Waals surface area contributed by atoms with Crippen LogP contribution in [0, 0.1) is 17.5 Å². The average molecular weight is 364 g/mol. The molecule has 2 aromatic carbocycles. The van der Waals surface area contributed by atoms with Crippen LogP contribution in [-0.4, -0.2) is 37.0 Å². The summed E-state index contributed by atoms with van der Waals surface area (Å²) in [5.74, 6) is -3.30. The van der Waals surface area contributed by atoms with Gasteiger partial charge in [0.1, 0.15) is 34.9 Å². The number of hydrogen-bond donors (Lipinski definition) is 1. The second-order valence-electron chi connectivity index (χ2n) is 6.35. The van der Waals surface area contributed by atoms with Gasteiger partial charge >= 0.3 is 0 Å². The molecule has 1 saturated heterocycles. The van der Waals surface area contributed by atoms with Gasteiger partial charge in [0.05, 0.1) is 0 Å². The van der Waals surface area contributed by atoms with E-state index in [1.165, 1.54) is 12.1 Å². The number of halogens is 3. The minimum Gasteiger partial charge on any atom is -0.490 e. The molecule has 1 fully saturated rings. The van der Waals surface area contributed by atoms with Crippen LogP contribution in [0.3, 0.4) is 0 Å². The molecule has 0 unspecified atom stereocenters. The lowest BCUT2D eigenvalue weighted by Gasteiger charge is -2.29. The van der Waals surface area contributed by atoms with E-state index in [9.17, 15) is 18.0 Å². The highest BCUT2D eigenvalue weighted by Gasteiger charge is 2.20. The summed E-state index contributed by atoms with van der Waals surface area (Å²) in [5.41, 5.74) is -0.643. The van der Waals surface area contributed by atoms with Crippen LogP contribution in [-0.2, 0) is 0 Å². The minimum absolute atomic E-state index is 0.0411. The van der Waals surface area contributed by atoms with Crippen molar-refractivity contribution in [2.24, 2.45) is 0 Å². The molecule has 1 amide bonds. The van der Waals surface area contributed by atoms with Gasteiger partial charge in [-0.1, -0.05) is 6.07 Å². The lowest BCUT2D eigenvalue weighted by atomic mass is 10.1. The molecule has 1 aliphatic rings. The Morgan fingerprint density at radius 2 is 1.77 bits per heavy atom. The van der Waals surface area contributed by atoms with Gasteiger partial charge in [-0.05, 0) is 38.1 Å². The first kappa shape index (κ1) is 18.3. The predicted molar refractivity (Wildman–Crippen MR) is 91.9 cm³/mol. The lowest BCUT2D eigenvalue weighted by Crippen LogP contribution is -2.35. The zero-order valence-electron chi connectivity index (χ0n) is 14.3. The summed E-state index contributed by atoms with van der Waals surface area (Å²) in [6.07, 6.45) is 1.59. The third-order valence-corrected chi connectivity index (χ3v) is 4.29. The molecule has 1 aliphatic heterocycles. The summed E-state index contributed by atoms with van der Waals surface area (Å²) in [5, 5.41) is 2.32. The van der Waals surface area contributed by atoms with Crippen molar-refractivity contribution in [3.8, 4) is 5.75 Å². The second-order valence-corrected chi connectivity index (χ2v) is 6.35. The third kappa shape index (κ3) is 4.35. The number of amides is 1. The zero-order valence-corrected chi connectivity index (χ0v) is 14.3. The Kier molecular flexibility index (Phi) is 5.46. The van der Waals surface area contributed by atoms with E-state index in [1.54, 1.807) is 0 Å². The molecule has 7 heteroatoms. The van der Waals surface area contributed by atoms with E-state index in [0.29, 0.717) is 0 Å². The number of likely N-dealkylation sites (tertiary alicyclic amines) is 1. The van der Waals surface area contributed by atoms with Crippen molar-refractivity contribution in [2.45, 2.75) is 18.9 Å². The highest BCUT2D eigenvalue weighted by atomic mass is 19.1. The first-order chi connectivity index (χ1) is 12.4. The maximum atomic E-state index is 13.9. The topological polar surface area (TPSA) is 41.6 Å². The maximum absolute atomic E-state index is 13.9. The standard InChI is InChI=1S/C19H19F3N2O2/c1-24-7-5-14(6-8-24)26-15-10-12(20)9-13(11-15)23-19(25)18-16(21)3-2-4-17(18)22/h2-4,9-11,14H,5-8H2,1H3,(H,23,25). The molecular weight excluding hydrogens is 345 g/mol. The number of piperidine rings is 1. The van der Waals surface area contributed by atoms with Gasteiger partial charge in [0.2, 0.25) is 0 Å². The van der Waals surface area contributed by atoms with Gasteiger partial charge in [0.25, 0.3) is 5.91 Å². The number of nitrogens with zero attached hydrogens (tertiary/aromatic N) is 1. The van der Waals surface area contributed by atoms with Crippen molar-refractivity contribution in [1.82, 2.24) is 4.90 Å². The highest BCUT2D eigenvalue weighted by Crippen LogP contribution is 2.25. The molecule has 0 radical (unpaired) electrons. The van der Waals surface area contributed by atoms with Gasteiger partial charge in [-0.15, -0.1) is 0 Å². The Bertz CT molecular complexity index is 785. The van der Waals surface area contributed by atoms with Gasteiger partial charge in [-0.3, -0.25) is 4.79 Å². The number of carbonyl (C=O) groups is 1. The zero-order chi connectivity index (χ0) is 18.7. The van der Waals surface area contributed by atoms with Crippen molar-refractivity contribution in [3.05, 3.63) is 59.4 Å². The van der Waals surface area contributed by atoms with Crippen LogP contribution in [0.5, 0.6) is 5.75 Å². The minimum atomic E-state index is -0.989. The van der Waals surface area contributed by atoms with E-state index in [4.69, 9.17) is 4.74 Å². The van der Waals surface area contributed by atoms with Crippen molar-refractivity contribution in [3.63, 3.8) is 0 Å². The molecule has 0 atom stereocenters. The van der Waals surface area contributed by atoms with Gasteiger partial charge in [0.15, 0.2) is 0 Å². The summed E-state index contributed by atoms with van der Waals surface area (Å²) in [6.45, 7) is 1.77. The summed E-state index contributed by atoms with van der Waals surface area (Å²) >= 11 is 0. The third-order valence-electron chi connectivity index (χ3n) is 4.29. The Hall–Kier alpha value is -2.54. The number of rotatable bonds is 4. The van der Waals surface area contributed by atoms with Gasteiger partial charge < -0.3 is 15.0 Å². The molecule has 0 spiro atoms. The summed E-state index contributed by atoms with van der Waals surface area (Å²) in [6, 6.07) is 6.86. The predicted octanol–water partition coefficient (Wildman–Crippen LogP) is 3.83. The second kappa shape index (κ2) is 7.78. The monoisotopic (exact) mass is 364 g/mol. The quantitative estimate of drug-likeness (QED) is 0.897. The fourth-order valence-corrected chi connectivity index (χ4v) is 2.91. The summed E-state index contributed by atoms with van der Waals surface area (Å²) < 4.78 is 47.1. The van der Waals surface area contributed by atoms with Crippen LogP contribution in [0.4, 0.5) is 18.9 Å². The SMILES string of the molecule is CN1CCC(Oc2cc(F)cc(NC(=O)c3c(F)cccc3F)c2)CC1. The first-order valence-corrected chi connectivity index (χ1v) is 8.33. The molecular formula is C19H19F3N2O2. The fraction of sp³-hybridized carbons (Fsp3) is 0.316. The molecule has 138 valence electrons. The van der Waals surface area contributed by atoms with E-state index >= 15 is 0 Å².